The molecule has 2 aromatic heterocycles. The molecule has 1 saturated heterocycles. The highest BCUT2D eigenvalue weighted by molar-refractivity contribution is 6.33. The number of fused-ring (bicyclic) bond motifs is 1. The Bertz CT molecular complexity index is 888. The maximum atomic E-state index is 9.94. The molecule has 25 heavy (non-hydrogen) atoms. The van der Waals surface area contributed by atoms with Gasteiger partial charge < -0.3 is 20.3 Å². The van der Waals surface area contributed by atoms with Gasteiger partial charge in [0.15, 0.2) is 10.8 Å². The average Bonchev–Trinajstić information content (AvgIpc) is 3.19. The second-order valence-electron chi connectivity index (χ2n) is 5.77. The van der Waals surface area contributed by atoms with Crippen LogP contribution in [0.3, 0.4) is 0 Å². The Hall–Kier alpha value is -2.26. The summed E-state index contributed by atoms with van der Waals surface area (Å²) in [6, 6.07) is 9.49. The van der Waals surface area contributed by atoms with Crippen LogP contribution in [-0.4, -0.2) is 48.5 Å². The first kappa shape index (κ1) is 16.2. The number of aliphatic hydroxyl groups is 2. The fraction of sp³-hybridized carbons (Fsp3) is 0.312. The largest absolute Gasteiger partial charge is 0.394 e. The third-order valence-corrected chi connectivity index (χ3v) is 4.37. The van der Waals surface area contributed by atoms with E-state index < -0.39 is 18.4 Å². The zero-order chi connectivity index (χ0) is 17.4. The molecule has 9 heteroatoms. The van der Waals surface area contributed by atoms with E-state index in [4.69, 9.17) is 16.3 Å². The normalized spacial score (nSPS) is 23.2. The van der Waals surface area contributed by atoms with Gasteiger partial charge in [-0.3, -0.25) is 4.57 Å². The molecule has 3 atom stereocenters. The lowest BCUT2D eigenvalue weighted by Gasteiger charge is -2.14. The molecule has 8 nitrogen and oxygen atoms in total. The number of benzene rings is 1. The summed E-state index contributed by atoms with van der Waals surface area (Å²) >= 11 is 6.24. The van der Waals surface area contributed by atoms with Crippen LogP contribution in [0, 0.1) is 0 Å². The first-order chi connectivity index (χ1) is 12.2. The van der Waals surface area contributed by atoms with Crippen molar-refractivity contribution in [3.05, 3.63) is 41.8 Å². The fourth-order valence-corrected chi connectivity index (χ4v) is 3.06. The van der Waals surface area contributed by atoms with E-state index in [0.29, 0.717) is 23.5 Å². The predicted molar refractivity (Wildman–Crippen MR) is 91.7 cm³/mol. The quantitative estimate of drug-likeness (QED) is 0.609. The Kier molecular flexibility index (Phi) is 4.26. The molecule has 0 aliphatic carbocycles. The Morgan fingerprint density at radius 1 is 1.28 bits per heavy atom. The minimum Gasteiger partial charge on any atom is -0.394 e. The Morgan fingerprint density at radius 2 is 2.08 bits per heavy atom. The molecule has 0 saturated carbocycles. The Labute approximate surface area is 148 Å². The number of aliphatic hydroxyl groups excluding tert-OH is 2. The van der Waals surface area contributed by atoms with Crippen LogP contribution in [0.15, 0.2) is 36.7 Å². The maximum absolute atomic E-state index is 9.94. The van der Waals surface area contributed by atoms with Crippen LogP contribution in [0.25, 0.3) is 11.2 Å². The molecule has 0 amide bonds. The van der Waals surface area contributed by atoms with Gasteiger partial charge >= 0.3 is 0 Å². The monoisotopic (exact) mass is 361 g/mol. The molecule has 130 valence electrons. The van der Waals surface area contributed by atoms with Crippen molar-refractivity contribution in [3.8, 4) is 0 Å². The van der Waals surface area contributed by atoms with Gasteiger partial charge in [0, 0.05) is 12.1 Å². The van der Waals surface area contributed by atoms with Crippen LogP contribution in [0.2, 0.25) is 5.15 Å². The topological polar surface area (TPSA) is 105 Å². The van der Waals surface area contributed by atoms with Crippen molar-refractivity contribution >= 4 is 34.4 Å². The summed E-state index contributed by atoms with van der Waals surface area (Å²) in [5.41, 5.74) is 1.77. The molecule has 0 spiro atoms. The smallest absolute Gasteiger partial charge is 0.230 e. The molecule has 3 unspecified atom stereocenters. The molecule has 0 radical (unpaired) electrons. The molecule has 1 aliphatic heterocycles. The zero-order valence-electron chi connectivity index (χ0n) is 13.1. The van der Waals surface area contributed by atoms with Crippen molar-refractivity contribution < 1.29 is 14.9 Å². The summed E-state index contributed by atoms with van der Waals surface area (Å²) in [6.07, 6.45) is 0.0371. The van der Waals surface area contributed by atoms with Crippen molar-refractivity contribution in [1.82, 2.24) is 19.5 Å². The molecule has 0 bridgehead atoms. The lowest BCUT2D eigenvalue weighted by atomic mass is 10.2. The average molecular weight is 362 g/mol. The first-order valence-electron chi connectivity index (χ1n) is 7.82. The molecular weight excluding hydrogens is 346 g/mol. The van der Waals surface area contributed by atoms with E-state index in [2.05, 4.69) is 20.3 Å². The number of hydrogen-bond donors (Lipinski definition) is 3. The Morgan fingerprint density at radius 3 is 2.80 bits per heavy atom. The van der Waals surface area contributed by atoms with E-state index in [-0.39, 0.29) is 11.8 Å². The summed E-state index contributed by atoms with van der Waals surface area (Å²) < 4.78 is 7.36. The predicted octanol–water partition coefficient (Wildman–Crippen LogP) is 1.86. The zero-order valence-corrected chi connectivity index (χ0v) is 13.8. The van der Waals surface area contributed by atoms with Crippen molar-refractivity contribution in [2.45, 2.75) is 24.9 Å². The van der Waals surface area contributed by atoms with Crippen molar-refractivity contribution in [3.63, 3.8) is 0 Å². The summed E-state index contributed by atoms with van der Waals surface area (Å²) in [6.45, 7) is -0.249. The second kappa shape index (κ2) is 6.57. The highest BCUT2D eigenvalue weighted by Gasteiger charge is 2.35. The number of imidazole rings is 1. The summed E-state index contributed by atoms with van der Waals surface area (Å²) in [5, 5.41) is 22.5. The molecular formula is C16H16ClN5O3. The minimum atomic E-state index is -0.744. The van der Waals surface area contributed by atoms with E-state index in [0.717, 1.165) is 5.69 Å². The molecule has 3 heterocycles. The second-order valence-corrected chi connectivity index (χ2v) is 6.13. The van der Waals surface area contributed by atoms with Gasteiger partial charge in [-0.1, -0.05) is 29.8 Å². The van der Waals surface area contributed by atoms with E-state index in [9.17, 15) is 10.2 Å². The Balaban J connectivity index is 1.70. The third kappa shape index (κ3) is 3.05. The van der Waals surface area contributed by atoms with Gasteiger partial charge in [0.25, 0.3) is 0 Å². The standard InChI is InChI=1S/C16H16ClN5O3/c17-14-13-15(21-16(20-14)19-9-4-2-1-3-5-9)22(8-18-13)12-6-10(24)11(7-23)25-12/h1-5,8,10-12,23-24H,6-7H2,(H,19,20,21). The lowest BCUT2D eigenvalue weighted by molar-refractivity contribution is -0.0432. The van der Waals surface area contributed by atoms with Gasteiger partial charge in [0.2, 0.25) is 5.95 Å². The van der Waals surface area contributed by atoms with Gasteiger partial charge in [0.1, 0.15) is 17.8 Å². The number of aromatic nitrogens is 4. The van der Waals surface area contributed by atoms with Crippen molar-refractivity contribution in [2.24, 2.45) is 0 Å². The van der Waals surface area contributed by atoms with E-state index in [1.165, 1.54) is 0 Å². The van der Waals surface area contributed by atoms with Crippen LogP contribution in [0.5, 0.6) is 0 Å². The van der Waals surface area contributed by atoms with Crippen LogP contribution in [0.1, 0.15) is 12.6 Å². The van der Waals surface area contributed by atoms with Crippen LogP contribution in [0.4, 0.5) is 11.6 Å². The van der Waals surface area contributed by atoms with Crippen LogP contribution < -0.4 is 5.32 Å². The highest BCUT2D eigenvalue weighted by Crippen LogP contribution is 2.32. The SMILES string of the molecule is OCC1OC(n2cnc3c(Cl)nc(Nc4ccccc4)nc32)CC1O. The van der Waals surface area contributed by atoms with E-state index in [1.807, 2.05) is 30.3 Å². The molecule has 3 N–H and O–H groups in total. The van der Waals surface area contributed by atoms with Gasteiger partial charge in [-0.15, -0.1) is 0 Å². The van der Waals surface area contributed by atoms with Crippen LogP contribution >= 0.6 is 11.6 Å². The minimum absolute atomic E-state index is 0.222. The van der Waals surface area contributed by atoms with E-state index >= 15 is 0 Å². The fourth-order valence-electron chi connectivity index (χ4n) is 2.85. The van der Waals surface area contributed by atoms with Crippen molar-refractivity contribution in [1.29, 1.82) is 0 Å². The van der Waals surface area contributed by atoms with Gasteiger partial charge in [-0.2, -0.15) is 9.97 Å². The maximum Gasteiger partial charge on any atom is 0.230 e. The molecule has 1 aromatic carbocycles. The van der Waals surface area contributed by atoms with E-state index in [1.54, 1.807) is 10.9 Å². The molecule has 3 aromatic rings. The number of anilines is 2. The van der Waals surface area contributed by atoms with Gasteiger partial charge in [0.05, 0.1) is 19.0 Å². The number of para-hydroxylation sites is 1. The summed E-state index contributed by atoms with van der Waals surface area (Å²) in [7, 11) is 0. The lowest BCUT2D eigenvalue weighted by Crippen LogP contribution is -2.24. The number of rotatable bonds is 4. The molecule has 1 fully saturated rings. The van der Waals surface area contributed by atoms with Gasteiger partial charge in [-0.05, 0) is 12.1 Å². The molecule has 1 aliphatic rings. The third-order valence-electron chi connectivity index (χ3n) is 4.10. The number of nitrogens with one attached hydrogen (secondary N) is 1. The number of ether oxygens (including phenoxy) is 1. The summed E-state index contributed by atoms with van der Waals surface area (Å²) in [5.74, 6) is 0.336. The first-order valence-corrected chi connectivity index (χ1v) is 8.20. The number of hydrogen-bond acceptors (Lipinski definition) is 7. The van der Waals surface area contributed by atoms with Gasteiger partial charge in [-0.25, -0.2) is 4.98 Å². The number of halogens is 1. The van der Waals surface area contributed by atoms with Crippen molar-refractivity contribution in [2.75, 3.05) is 11.9 Å². The summed E-state index contributed by atoms with van der Waals surface area (Å²) in [4.78, 5) is 12.9. The molecule has 4 rings (SSSR count). The number of nitrogens with zero attached hydrogens (tertiary/aromatic N) is 4. The highest BCUT2D eigenvalue weighted by atomic mass is 35.5. The van der Waals surface area contributed by atoms with Crippen LogP contribution in [-0.2, 0) is 4.74 Å².